The van der Waals surface area contributed by atoms with Gasteiger partial charge in [-0.3, -0.25) is 10.1 Å². The van der Waals surface area contributed by atoms with Gasteiger partial charge in [-0.1, -0.05) is 18.2 Å². The topological polar surface area (TPSA) is 93.2 Å². The fourth-order valence-corrected chi connectivity index (χ4v) is 1.70. The molecule has 0 saturated carbocycles. The number of carbonyl (C=O) groups is 1. The zero-order valence-electron chi connectivity index (χ0n) is 10.9. The first-order chi connectivity index (χ1) is 10.1. The van der Waals surface area contributed by atoms with Gasteiger partial charge in [0.15, 0.2) is 0 Å². The zero-order valence-corrected chi connectivity index (χ0v) is 10.9. The number of carbonyl (C=O) groups excluding carboxylic acids is 1. The van der Waals surface area contributed by atoms with Crippen molar-refractivity contribution < 1.29 is 14.5 Å². The average molecular weight is 282 g/mol. The van der Waals surface area contributed by atoms with Gasteiger partial charge < -0.3 is 4.74 Å². The van der Waals surface area contributed by atoms with Crippen molar-refractivity contribution >= 4 is 11.7 Å². The third-order valence-electron chi connectivity index (χ3n) is 2.81. The first-order valence-electron chi connectivity index (χ1n) is 6.01. The number of nitriles is 1. The Morgan fingerprint density at radius 2 is 1.86 bits per heavy atom. The normalized spacial score (nSPS) is 9.67. The molecular formula is C15H10N2O4. The van der Waals surface area contributed by atoms with Gasteiger partial charge in [-0.15, -0.1) is 0 Å². The zero-order chi connectivity index (χ0) is 15.2. The Bertz CT molecular complexity index is 717. The van der Waals surface area contributed by atoms with Crippen LogP contribution in [0.1, 0.15) is 21.5 Å². The molecule has 0 unspecified atom stereocenters. The summed E-state index contributed by atoms with van der Waals surface area (Å²) in [4.78, 5) is 21.8. The van der Waals surface area contributed by atoms with Crippen LogP contribution in [0.2, 0.25) is 0 Å². The first kappa shape index (κ1) is 14.2. The summed E-state index contributed by atoms with van der Waals surface area (Å²) in [7, 11) is 0. The van der Waals surface area contributed by atoms with Gasteiger partial charge in [0.2, 0.25) is 0 Å². The van der Waals surface area contributed by atoms with E-state index < -0.39 is 10.9 Å². The van der Waals surface area contributed by atoms with Gasteiger partial charge in [0, 0.05) is 17.7 Å². The van der Waals surface area contributed by atoms with Gasteiger partial charge in [-0.05, 0) is 18.2 Å². The van der Waals surface area contributed by atoms with Gasteiger partial charge in [0.1, 0.15) is 6.61 Å². The molecule has 104 valence electrons. The molecule has 0 radical (unpaired) electrons. The summed E-state index contributed by atoms with van der Waals surface area (Å²) in [5, 5.41) is 19.5. The molecule has 0 aliphatic rings. The Morgan fingerprint density at radius 1 is 1.19 bits per heavy atom. The van der Waals surface area contributed by atoms with Gasteiger partial charge in [0.05, 0.1) is 22.1 Å². The summed E-state index contributed by atoms with van der Waals surface area (Å²) in [6.07, 6.45) is 0. The first-order valence-corrected chi connectivity index (χ1v) is 6.01. The van der Waals surface area contributed by atoms with E-state index in [9.17, 15) is 14.9 Å². The molecule has 6 heteroatoms. The molecule has 0 spiro atoms. The molecule has 0 heterocycles. The smallest absolute Gasteiger partial charge is 0.338 e. The number of esters is 1. The Labute approximate surface area is 120 Å². The Kier molecular flexibility index (Phi) is 4.26. The van der Waals surface area contributed by atoms with Gasteiger partial charge in [-0.2, -0.15) is 5.26 Å². The standard InChI is InChI=1S/C15H10N2O4/c16-9-12-3-1-2-4-13(12)10-21-15(18)11-5-7-14(8-6-11)17(19)20/h1-8H,10H2. The Balaban J connectivity index is 2.05. The van der Waals surface area contributed by atoms with Gasteiger partial charge in [-0.25, -0.2) is 4.79 Å². The van der Waals surface area contributed by atoms with Crippen LogP contribution in [0.4, 0.5) is 5.69 Å². The number of rotatable bonds is 4. The lowest BCUT2D eigenvalue weighted by molar-refractivity contribution is -0.384. The van der Waals surface area contributed by atoms with Crippen LogP contribution in [0, 0.1) is 21.4 Å². The van der Waals surface area contributed by atoms with Crippen LogP contribution >= 0.6 is 0 Å². The molecule has 0 saturated heterocycles. The van der Waals surface area contributed by atoms with Crippen molar-refractivity contribution in [3.8, 4) is 6.07 Å². The maximum absolute atomic E-state index is 11.8. The summed E-state index contributed by atoms with van der Waals surface area (Å²) in [6.45, 7) is -0.0282. The fraction of sp³-hybridized carbons (Fsp3) is 0.0667. The second-order valence-electron chi connectivity index (χ2n) is 4.15. The third-order valence-corrected chi connectivity index (χ3v) is 2.81. The largest absolute Gasteiger partial charge is 0.457 e. The van der Waals surface area contributed by atoms with Crippen molar-refractivity contribution in [1.29, 1.82) is 5.26 Å². The van der Waals surface area contributed by atoms with E-state index >= 15 is 0 Å². The molecule has 0 aliphatic heterocycles. The fourth-order valence-electron chi connectivity index (χ4n) is 1.70. The minimum Gasteiger partial charge on any atom is -0.457 e. The average Bonchev–Trinajstić information content (AvgIpc) is 2.52. The molecule has 2 rings (SSSR count). The number of non-ortho nitro benzene ring substituents is 1. The van der Waals surface area contributed by atoms with E-state index in [0.29, 0.717) is 11.1 Å². The summed E-state index contributed by atoms with van der Waals surface area (Å²) < 4.78 is 5.10. The molecule has 6 nitrogen and oxygen atoms in total. The van der Waals surface area contributed by atoms with Crippen molar-refractivity contribution in [2.24, 2.45) is 0 Å². The van der Waals surface area contributed by atoms with Crippen molar-refractivity contribution in [2.75, 3.05) is 0 Å². The van der Waals surface area contributed by atoms with E-state index in [1.807, 2.05) is 6.07 Å². The van der Waals surface area contributed by atoms with Crippen LogP contribution in [0.15, 0.2) is 48.5 Å². The number of ether oxygens (including phenoxy) is 1. The lowest BCUT2D eigenvalue weighted by atomic mass is 10.1. The molecule has 0 aromatic heterocycles. The van der Waals surface area contributed by atoms with E-state index in [2.05, 4.69) is 0 Å². The highest BCUT2D eigenvalue weighted by atomic mass is 16.6. The van der Waals surface area contributed by atoms with Crippen LogP contribution in [0.5, 0.6) is 0 Å². The monoisotopic (exact) mass is 282 g/mol. The molecule has 0 bridgehead atoms. The lowest BCUT2D eigenvalue weighted by Crippen LogP contribution is -2.06. The summed E-state index contributed by atoms with van der Waals surface area (Å²) >= 11 is 0. The molecule has 2 aromatic rings. The Morgan fingerprint density at radius 3 is 2.48 bits per heavy atom. The predicted molar refractivity (Wildman–Crippen MR) is 73.4 cm³/mol. The summed E-state index contributed by atoms with van der Waals surface area (Å²) in [5.41, 5.74) is 1.17. The number of benzene rings is 2. The number of hydrogen-bond acceptors (Lipinski definition) is 5. The summed E-state index contributed by atoms with van der Waals surface area (Å²) in [5.74, 6) is -0.599. The van der Waals surface area contributed by atoms with E-state index in [-0.39, 0.29) is 17.9 Å². The predicted octanol–water partition coefficient (Wildman–Crippen LogP) is 2.82. The SMILES string of the molecule is N#Cc1ccccc1COC(=O)c1ccc([N+](=O)[O-])cc1. The Hall–Kier alpha value is -3.20. The molecular weight excluding hydrogens is 272 g/mol. The van der Waals surface area contributed by atoms with Crippen LogP contribution in [-0.2, 0) is 11.3 Å². The second kappa shape index (κ2) is 6.30. The van der Waals surface area contributed by atoms with Crippen LogP contribution in [0.25, 0.3) is 0 Å². The number of nitro groups is 1. The summed E-state index contributed by atoms with van der Waals surface area (Å²) in [6, 6.07) is 13.9. The van der Waals surface area contributed by atoms with Crippen LogP contribution < -0.4 is 0 Å². The van der Waals surface area contributed by atoms with Crippen molar-refractivity contribution in [1.82, 2.24) is 0 Å². The van der Waals surface area contributed by atoms with Crippen molar-refractivity contribution in [2.45, 2.75) is 6.61 Å². The number of hydrogen-bond donors (Lipinski definition) is 0. The number of nitrogens with zero attached hydrogens (tertiary/aromatic N) is 2. The van der Waals surface area contributed by atoms with Gasteiger partial charge >= 0.3 is 5.97 Å². The molecule has 0 fully saturated rings. The van der Waals surface area contributed by atoms with E-state index in [4.69, 9.17) is 10.00 Å². The minimum atomic E-state index is -0.599. The maximum atomic E-state index is 11.8. The molecule has 21 heavy (non-hydrogen) atoms. The highest BCUT2D eigenvalue weighted by Gasteiger charge is 2.11. The molecule has 0 atom stereocenters. The van der Waals surface area contributed by atoms with E-state index in [1.54, 1.807) is 24.3 Å². The molecule has 0 N–H and O–H groups in total. The van der Waals surface area contributed by atoms with E-state index in [0.717, 1.165) is 0 Å². The van der Waals surface area contributed by atoms with E-state index in [1.165, 1.54) is 24.3 Å². The van der Waals surface area contributed by atoms with Crippen molar-refractivity contribution in [3.63, 3.8) is 0 Å². The molecule has 0 aliphatic carbocycles. The molecule has 2 aromatic carbocycles. The third kappa shape index (κ3) is 3.42. The maximum Gasteiger partial charge on any atom is 0.338 e. The van der Waals surface area contributed by atoms with Crippen molar-refractivity contribution in [3.05, 3.63) is 75.3 Å². The quantitative estimate of drug-likeness (QED) is 0.488. The highest BCUT2D eigenvalue weighted by Crippen LogP contribution is 2.14. The number of nitro benzene ring substituents is 1. The van der Waals surface area contributed by atoms with Gasteiger partial charge in [0.25, 0.3) is 5.69 Å². The second-order valence-corrected chi connectivity index (χ2v) is 4.15. The van der Waals surface area contributed by atoms with Crippen LogP contribution in [0.3, 0.4) is 0 Å². The minimum absolute atomic E-state index is 0.0282. The lowest BCUT2D eigenvalue weighted by Gasteiger charge is -2.06. The van der Waals surface area contributed by atoms with Crippen LogP contribution in [-0.4, -0.2) is 10.9 Å². The molecule has 0 amide bonds. The highest BCUT2D eigenvalue weighted by molar-refractivity contribution is 5.89.